The maximum Gasteiger partial charge on any atom is 0.313 e. The Balaban J connectivity index is 1.79. The fourth-order valence-corrected chi connectivity index (χ4v) is 7.83. The summed E-state index contributed by atoms with van der Waals surface area (Å²) in [5.74, 6) is -1.45. The van der Waals surface area contributed by atoms with E-state index in [9.17, 15) is 24.6 Å². The number of esters is 1. The lowest BCUT2D eigenvalue weighted by Crippen LogP contribution is -2.58. The second-order valence-electron chi connectivity index (χ2n) is 10.7. The largest absolute Gasteiger partial charge is 0.481 e. The van der Waals surface area contributed by atoms with E-state index in [1.165, 1.54) is 7.11 Å². The van der Waals surface area contributed by atoms with Gasteiger partial charge in [0.05, 0.1) is 18.6 Å². The molecule has 31 heavy (non-hydrogen) atoms. The average molecular weight is 431 g/mol. The monoisotopic (exact) mass is 430 g/mol. The predicted molar refractivity (Wildman–Crippen MR) is 114 cm³/mol. The van der Waals surface area contributed by atoms with Crippen molar-refractivity contribution in [2.75, 3.05) is 7.11 Å². The number of carboxylic acid groups (broad SMARTS) is 1. The Kier molecular flexibility index (Phi) is 5.23. The zero-order valence-electron chi connectivity index (χ0n) is 18.8. The molecule has 0 amide bonds. The van der Waals surface area contributed by atoms with Gasteiger partial charge in [0.1, 0.15) is 0 Å². The normalized spacial score (nSPS) is 44.1. The van der Waals surface area contributed by atoms with Crippen LogP contribution in [0.1, 0.15) is 65.2 Å². The Bertz CT molecular complexity index is 873. The zero-order valence-corrected chi connectivity index (χ0v) is 18.8. The van der Waals surface area contributed by atoms with Gasteiger partial charge in [0, 0.05) is 12.8 Å². The molecule has 3 saturated carbocycles. The van der Waals surface area contributed by atoms with Gasteiger partial charge in [-0.25, -0.2) is 0 Å². The van der Waals surface area contributed by atoms with E-state index in [-0.39, 0.29) is 47.8 Å². The quantitative estimate of drug-likeness (QED) is 0.660. The standard InChI is InChI=1S/C25H34O6/c1-14-18-13-15(26)5-9-23(18,2)16-6-10-24(3)17(21(16)20(14)22(29)31-4)7-11-25(24,30)12-8-19(27)28/h13,16-17,20-21,30H,1,5-12H2,2-4H3,(H,27,28)/t16-,17-,20+,21+,23+,24-,25+/m0/s1. The van der Waals surface area contributed by atoms with Crippen molar-refractivity contribution < 1.29 is 29.3 Å². The Morgan fingerprint density at radius 2 is 1.87 bits per heavy atom. The van der Waals surface area contributed by atoms with E-state index in [0.717, 1.165) is 31.3 Å². The first kappa shape index (κ1) is 22.3. The van der Waals surface area contributed by atoms with Crippen molar-refractivity contribution >= 4 is 17.7 Å². The van der Waals surface area contributed by atoms with Crippen molar-refractivity contribution in [3.8, 4) is 0 Å². The summed E-state index contributed by atoms with van der Waals surface area (Å²) in [4.78, 5) is 36.5. The SMILES string of the molecule is C=C1C2=CC(=O)CC[C@]2(C)[C@H]2CC[C@@]3(C)[C@@H](CC[C@@]3(O)CCC(=O)O)[C@@H]2[C@@H]1C(=O)OC. The van der Waals surface area contributed by atoms with Crippen LogP contribution in [-0.2, 0) is 19.1 Å². The Morgan fingerprint density at radius 3 is 2.52 bits per heavy atom. The fourth-order valence-electron chi connectivity index (χ4n) is 7.83. The molecule has 3 fully saturated rings. The third-order valence-electron chi connectivity index (χ3n) is 9.60. The van der Waals surface area contributed by atoms with E-state index in [0.29, 0.717) is 18.4 Å². The van der Waals surface area contributed by atoms with Crippen molar-refractivity contribution in [3.63, 3.8) is 0 Å². The molecule has 0 aromatic heterocycles. The van der Waals surface area contributed by atoms with E-state index in [4.69, 9.17) is 4.74 Å². The van der Waals surface area contributed by atoms with E-state index >= 15 is 0 Å². The number of fused-ring (bicyclic) bond motifs is 5. The molecule has 7 atom stereocenters. The summed E-state index contributed by atoms with van der Waals surface area (Å²) in [5.41, 5.74) is -0.138. The van der Waals surface area contributed by atoms with Crippen molar-refractivity contribution in [3.05, 3.63) is 23.8 Å². The highest BCUT2D eigenvalue weighted by atomic mass is 16.5. The molecule has 0 bridgehead atoms. The number of carboxylic acids is 1. The molecule has 0 saturated heterocycles. The molecule has 0 spiro atoms. The van der Waals surface area contributed by atoms with Crippen molar-refractivity contribution in [2.45, 2.75) is 70.8 Å². The van der Waals surface area contributed by atoms with Gasteiger partial charge >= 0.3 is 11.9 Å². The number of carbonyl (C=O) groups is 3. The molecular weight excluding hydrogens is 396 g/mol. The lowest BCUT2D eigenvalue weighted by atomic mass is 9.43. The molecule has 0 unspecified atom stereocenters. The first-order chi connectivity index (χ1) is 14.5. The molecule has 0 radical (unpaired) electrons. The summed E-state index contributed by atoms with van der Waals surface area (Å²) in [6.07, 6.45) is 6.03. The van der Waals surface area contributed by atoms with E-state index in [2.05, 4.69) is 20.4 Å². The number of methoxy groups -OCH3 is 1. The van der Waals surface area contributed by atoms with Gasteiger partial charge in [-0.15, -0.1) is 0 Å². The van der Waals surface area contributed by atoms with Gasteiger partial charge in [-0.05, 0) is 84.3 Å². The Labute approximate surface area is 183 Å². The Morgan fingerprint density at radius 1 is 1.19 bits per heavy atom. The van der Waals surface area contributed by atoms with Gasteiger partial charge in [0.2, 0.25) is 0 Å². The fraction of sp³-hybridized carbons (Fsp3) is 0.720. The number of hydrogen-bond acceptors (Lipinski definition) is 5. The topological polar surface area (TPSA) is 101 Å². The van der Waals surface area contributed by atoms with Crippen LogP contribution in [0.2, 0.25) is 0 Å². The Hall–Kier alpha value is -1.95. The molecular formula is C25H34O6. The van der Waals surface area contributed by atoms with E-state index in [1.807, 2.05) is 0 Å². The van der Waals surface area contributed by atoms with Crippen LogP contribution in [0, 0.1) is 34.5 Å². The van der Waals surface area contributed by atoms with Crippen LogP contribution >= 0.6 is 0 Å². The van der Waals surface area contributed by atoms with Crippen LogP contribution in [-0.4, -0.2) is 40.6 Å². The number of hydrogen-bond donors (Lipinski definition) is 2. The number of aliphatic carboxylic acids is 1. The molecule has 0 aliphatic heterocycles. The maximum atomic E-state index is 13.0. The van der Waals surface area contributed by atoms with Crippen LogP contribution in [0.5, 0.6) is 0 Å². The van der Waals surface area contributed by atoms with Crippen LogP contribution < -0.4 is 0 Å². The summed E-state index contributed by atoms with van der Waals surface area (Å²) in [7, 11) is 1.39. The third-order valence-corrected chi connectivity index (χ3v) is 9.60. The third kappa shape index (κ3) is 3.05. The smallest absolute Gasteiger partial charge is 0.313 e. The predicted octanol–water partition coefficient (Wildman–Crippen LogP) is 3.68. The van der Waals surface area contributed by atoms with Gasteiger partial charge in [-0.2, -0.15) is 0 Å². The van der Waals surface area contributed by atoms with E-state index in [1.54, 1.807) is 6.08 Å². The molecule has 4 rings (SSSR count). The van der Waals surface area contributed by atoms with E-state index < -0.39 is 22.9 Å². The molecule has 4 aliphatic rings. The minimum atomic E-state index is -1.05. The summed E-state index contributed by atoms with van der Waals surface area (Å²) >= 11 is 0. The summed E-state index contributed by atoms with van der Waals surface area (Å²) in [6.45, 7) is 8.58. The van der Waals surface area contributed by atoms with Gasteiger partial charge in [-0.1, -0.05) is 20.4 Å². The van der Waals surface area contributed by atoms with Crippen LogP contribution in [0.25, 0.3) is 0 Å². The summed E-state index contributed by atoms with van der Waals surface area (Å²) in [6, 6.07) is 0. The number of allylic oxidation sites excluding steroid dienone is 1. The second-order valence-corrected chi connectivity index (χ2v) is 10.7. The number of ketones is 1. The van der Waals surface area contributed by atoms with Gasteiger partial charge in [0.25, 0.3) is 0 Å². The van der Waals surface area contributed by atoms with Crippen LogP contribution in [0.4, 0.5) is 0 Å². The summed E-state index contributed by atoms with van der Waals surface area (Å²) in [5, 5.41) is 20.8. The van der Waals surface area contributed by atoms with Gasteiger partial charge in [-0.3, -0.25) is 14.4 Å². The number of rotatable bonds is 4. The molecule has 4 aliphatic carbocycles. The molecule has 2 N–H and O–H groups in total. The number of aliphatic hydroxyl groups is 1. The molecule has 0 heterocycles. The minimum Gasteiger partial charge on any atom is -0.481 e. The van der Waals surface area contributed by atoms with Crippen molar-refractivity contribution in [1.29, 1.82) is 0 Å². The maximum absolute atomic E-state index is 13.0. The molecule has 6 nitrogen and oxygen atoms in total. The van der Waals surface area contributed by atoms with Gasteiger partial charge in [0.15, 0.2) is 5.78 Å². The number of carbonyl (C=O) groups excluding carboxylic acids is 2. The first-order valence-corrected chi connectivity index (χ1v) is 11.4. The highest BCUT2D eigenvalue weighted by Crippen LogP contribution is 2.70. The highest BCUT2D eigenvalue weighted by Gasteiger charge is 2.67. The lowest BCUT2D eigenvalue weighted by Gasteiger charge is -2.61. The molecule has 0 aromatic rings. The van der Waals surface area contributed by atoms with Crippen LogP contribution in [0.15, 0.2) is 23.8 Å². The second kappa shape index (κ2) is 7.29. The molecule has 0 aromatic carbocycles. The zero-order chi connectivity index (χ0) is 22.8. The van der Waals surface area contributed by atoms with Crippen molar-refractivity contribution in [1.82, 2.24) is 0 Å². The summed E-state index contributed by atoms with van der Waals surface area (Å²) < 4.78 is 5.21. The average Bonchev–Trinajstić information content (AvgIpc) is 2.99. The molecule has 170 valence electrons. The molecule has 6 heteroatoms. The van der Waals surface area contributed by atoms with Crippen LogP contribution in [0.3, 0.4) is 0 Å². The minimum absolute atomic E-state index is 0.0343. The lowest BCUT2D eigenvalue weighted by molar-refractivity contribution is -0.164. The van der Waals surface area contributed by atoms with Crippen molar-refractivity contribution in [2.24, 2.45) is 34.5 Å². The first-order valence-electron chi connectivity index (χ1n) is 11.4. The number of ether oxygens (including phenoxy) is 1. The van der Waals surface area contributed by atoms with Gasteiger partial charge < -0.3 is 14.9 Å². The highest BCUT2D eigenvalue weighted by molar-refractivity contribution is 5.93.